The van der Waals surface area contributed by atoms with Gasteiger partial charge < -0.3 is 0 Å². The van der Waals surface area contributed by atoms with Crippen LogP contribution >= 0.6 is 11.6 Å². The number of hydrogen-bond acceptors (Lipinski definition) is 2. The van der Waals surface area contributed by atoms with Crippen molar-refractivity contribution in [2.75, 3.05) is 12.8 Å². The largest absolute Gasteiger partial charge is 0.213 e. The lowest BCUT2D eigenvalue weighted by Gasteiger charge is -2.15. The van der Waals surface area contributed by atoms with E-state index in [4.69, 9.17) is 11.6 Å². The van der Waals surface area contributed by atoms with Crippen molar-refractivity contribution in [3.63, 3.8) is 0 Å². The molecule has 15 heavy (non-hydrogen) atoms. The van der Waals surface area contributed by atoms with E-state index in [-0.39, 0.29) is 5.75 Å². The molecule has 0 heterocycles. The maximum atomic E-state index is 11.5. The van der Waals surface area contributed by atoms with Gasteiger partial charge in [-0.05, 0) is 24.6 Å². The molecule has 0 radical (unpaired) electrons. The van der Waals surface area contributed by atoms with Gasteiger partial charge in [0.1, 0.15) is 0 Å². The van der Waals surface area contributed by atoms with Crippen LogP contribution in [-0.2, 0) is 16.6 Å². The van der Waals surface area contributed by atoms with Gasteiger partial charge in [-0.3, -0.25) is 0 Å². The Morgan fingerprint density at radius 2 is 1.80 bits per heavy atom. The number of benzene rings is 1. The first-order valence-corrected chi connectivity index (χ1v) is 6.63. The fourth-order valence-corrected chi connectivity index (χ4v) is 2.08. The standard InChI is InChI=1S/C10H14ClNO2S/c1-3-15(13,14)12(2)8-9-4-6-10(11)7-5-9/h4-7H,3,8H2,1-2H3. The Morgan fingerprint density at radius 1 is 1.27 bits per heavy atom. The molecule has 0 amide bonds. The predicted octanol–water partition coefficient (Wildman–Crippen LogP) is 2.12. The molecule has 1 aromatic rings. The van der Waals surface area contributed by atoms with Gasteiger partial charge in [-0.2, -0.15) is 0 Å². The van der Waals surface area contributed by atoms with E-state index in [1.807, 2.05) is 12.1 Å². The van der Waals surface area contributed by atoms with Crippen molar-refractivity contribution >= 4 is 21.6 Å². The SMILES string of the molecule is CCS(=O)(=O)N(C)Cc1ccc(Cl)cc1. The average Bonchev–Trinajstić information content (AvgIpc) is 2.21. The molecular weight excluding hydrogens is 234 g/mol. The lowest BCUT2D eigenvalue weighted by atomic mass is 10.2. The Kier molecular flexibility index (Phi) is 4.13. The minimum Gasteiger partial charge on any atom is -0.212 e. The third kappa shape index (κ3) is 3.48. The van der Waals surface area contributed by atoms with E-state index in [0.29, 0.717) is 11.6 Å². The molecule has 0 aliphatic carbocycles. The van der Waals surface area contributed by atoms with Gasteiger partial charge in [-0.1, -0.05) is 23.7 Å². The van der Waals surface area contributed by atoms with E-state index < -0.39 is 10.0 Å². The zero-order valence-corrected chi connectivity index (χ0v) is 10.3. The van der Waals surface area contributed by atoms with Gasteiger partial charge in [0.25, 0.3) is 0 Å². The summed E-state index contributed by atoms with van der Waals surface area (Å²) in [4.78, 5) is 0. The molecule has 0 aromatic heterocycles. The summed E-state index contributed by atoms with van der Waals surface area (Å²) in [5.41, 5.74) is 0.930. The summed E-state index contributed by atoms with van der Waals surface area (Å²) in [6.07, 6.45) is 0. The molecule has 5 heteroatoms. The fourth-order valence-electron chi connectivity index (χ4n) is 1.17. The van der Waals surface area contributed by atoms with Gasteiger partial charge in [-0.15, -0.1) is 0 Å². The van der Waals surface area contributed by atoms with Crippen molar-refractivity contribution in [1.82, 2.24) is 4.31 Å². The molecule has 0 aliphatic rings. The fraction of sp³-hybridized carbons (Fsp3) is 0.400. The van der Waals surface area contributed by atoms with Crippen LogP contribution in [0.5, 0.6) is 0 Å². The molecule has 1 rings (SSSR count). The van der Waals surface area contributed by atoms with Gasteiger partial charge in [0.15, 0.2) is 0 Å². The van der Waals surface area contributed by atoms with Gasteiger partial charge in [0, 0.05) is 18.6 Å². The maximum Gasteiger partial charge on any atom is 0.213 e. The summed E-state index contributed by atoms with van der Waals surface area (Å²) in [6.45, 7) is 2.01. The second-order valence-electron chi connectivity index (χ2n) is 3.28. The highest BCUT2D eigenvalue weighted by atomic mass is 35.5. The Morgan fingerprint density at radius 3 is 2.27 bits per heavy atom. The van der Waals surface area contributed by atoms with Crippen molar-refractivity contribution in [2.45, 2.75) is 13.5 Å². The predicted molar refractivity (Wildman–Crippen MR) is 62.4 cm³/mol. The monoisotopic (exact) mass is 247 g/mol. The third-order valence-electron chi connectivity index (χ3n) is 2.16. The molecule has 0 aliphatic heterocycles. The first-order chi connectivity index (χ1) is 6.95. The highest BCUT2D eigenvalue weighted by Crippen LogP contribution is 2.12. The van der Waals surface area contributed by atoms with Gasteiger partial charge in [0.05, 0.1) is 5.75 Å². The highest BCUT2D eigenvalue weighted by Gasteiger charge is 2.14. The molecule has 0 saturated carbocycles. The first kappa shape index (κ1) is 12.5. The average molecular weight is 248 g/mol. The van der Waals surface area contributed by atoms with Gasteiger partial charge in [-0.25, -0.2) is 12.7 Å². The van der Waals surface area contributed by atoms with Crippen molar-refractivity contribution in [3.05, 3.63) is 34.9 Å². The zero-order chi connectivity index (χ0) is 11.5. The second kappa shape index (κ2) is 4.96. The Labute approximate surface area is 95.7 Å². The highest BCUT2D eigenvalue weighted by molar-refractivity contribution is 7.89. The van der Waals surface area contributed by atoms with E-state index in [9.17, 15) is 8.42 Å². The first-order valence-electron chi connectivity index (χ1n) is 4.64. The number of halogens is 1. The summed E-state index contributed by atoms with van der Waals surface area (Å²) in [5, 5.41) is 0.653. The summed E-state index contributed by atoms with van der Waals surface area (Å²) >= 11 is 5.73. The molecule has 1 aromatic carbocycles. The molecule has 0 atom stereocenters. The number of hydrogen-bond donors (Lipinski definition) is 0. The van der Waals surface area contributed by atoms with Crippen LogP contribution in [0.2, 0.25) is 5.02 Å². The minimum atomic E-state index is -3.11. The van der Waals surface area contributed by atoms with Crippen molar-refractivity contribution < 1.29 is 8.42 Å². The van der Waals surface area contributed by atoms with Crippen LogP contribution in [0.25, 0.3) is 0 Å². The smallest absolute Gasteiger partial charge is 0.212 e. The Balaban J connectivity index is 2.75. The topological polar surface area (TPSA) is 37.4 Å². The van der Waals surface area contributed by atoms with E-state index in [2.05, 4.69) is 0 Å². The molecule has 84 valence electrons. The van der Waals surface area contributed by atoms with Crippen molar-refractivity contribution in [3.8, 4) is 0 Å². The number of sulfonamides is 1. The minimum absolute atomic E-state index is 0.122. The van der Waals surface area contributed by atoms with Crippen LogP contribution in [-0.4, -0.2) is 25.5 Å². The lowest BCUT2D eigenvalue weighted by molar-refractivity contribution is 0.468. The zero-order valence-electron chi connectivity index (χ0n) is 8.77. The molecule has 0 bridgehead atoms. The van der Waals surface area contributed by atoms with Crippen LogP contribution in [0.4, 0.5) is 0 Å². The van der Waals surface area contributed by atoms with Crippen LogP contribution < -0.4 is 0 Å². The van der Waals surface area contributed by atoms with Gasteiger partial charge in [0.2, 0.25) is 10.0 Å². The molecule has 0 N–H and O–H groups in total. The molecule has 0 saturated heterocycles. The summed E-state index contributed by atoms with van der Waals surface area (Å²) < 4.78 is 24.3. The van der Waals surface area contributed by atoms with E-state index in [0.717, 1.165) is 5.56 Å². The maximum absolute atomic E-state index is 11.5. The third-order valence-corrected chi connectivity index (χ3v) is 4.22. The normalized spacial score (nSPS) is 12.0. The summed E-state index contributed by atoms with van der Waals surface area (Å²) in [6, 6.07) is 7.15. The Hall–Kier alpha value is -0.580. The van der Waals surface area contributed by atoms with E-state index in [1.165, 1.54) is 4.31 Å². The van der Waals surface area contributed by atoms with E-state index in [1.54, 1.807) is 26.1 Å². The molecule has 0 unspecified atom stereocenters. The summed E-state index contributed by atoms with van der Waals surface area (Å²) in [5.74, 6) is 0.122. The molecular formula is C10H14ClNO2S. The van der Waals surface area contributed by atoms with Crippen LogP contribution in [0.3, 0.4) is 0 Å². The molecule has 3 nitrogen and oxygen atoms in total. The van der Waals surface area contributed by atoms with Crippen LogP contribution in [0.1, 0.15) is 12.5 Å². The Bertz CT molecular complexity index is 414. The van der Waals surface area contributed by atoms with Crippen LogP contribution in [0.15, 0.2) is 24.3 Å². The van der Waals surface area contributed by atoms with E-state index >= 15 is 0 Å². The molecule has 0 spiro atoms. The quantitative estimate of drug-likeness (QED) is 0.817. The lowest BCUT2D eigenvalue weighted by Crippen LogP contribution is -2.27. The summed E-state index contributed by atoms with van der Waals surface area (Å²) in [7, 11) is -1.53. The molecule has 0 fully saturated rings. The van der Waals surface area contributed by atoms with Crippen molar-refractivity contribution in [1.29, 1.82) is 0 Å². The number of nitrogens with zero attached hydrogens (tertiary/aromatic N) is 1. The van der Waals surface area contributed by atoms with Gasteiger partial charge >= 0.3 is 0 Å². The van der Waals surface area contributed by atoms with Crippen molar-refractivity contribution in [2.24, 2.45) is 0 Å². The second-order valence-corrected chi connectivity index (χ2v) is 6.08. The number of rotatable bonds is 4. The van der Waals surface area contributed by atoms with Crippen LogP contribution in [0, 0.1) is 0 Å².